The summed E-state index contributed by atoms with van der Waals surface area (Å²) in [6, 6.07) is 18.3. The number of anilines is 2. The van der Waals surface area contributed by atoms with Crippen LogP contribution in [0.2, 0.25) is 0 Å². The van der Waals surface area contributed by atoms with Crippen LogP contribution in [-0.4, -0.2) is 40.0 Å². The molecule has 2 aromatic carbocycles. The number of hydrogen-bond donors (Lipinski definition) is 1. The minimum Gasteiger partial charge on any atom is -0.357 e. The van der Waals surface area contributed by atoms with Crippen molar-refractivity contribution >= 4 is 28.2 Å². The van der Waals surface area contributed by atoms with Crippen molar-refractivity contribution in [1.29, 1.82) is 0 Å². The van der Waals surface area contributed by atoms with Gasteiger partial charge in [-0.25, -0.2) is 9.97 Å². The van der Waals surface area contributed by atoms with Crippen molar-refractivity contribution in [2.75, 3.05) is 29.9 Å². The molecule has 8 nitrogen and oxygen atoms in total. The molecule has 162 valence electrons. The van der Waals surface area contributed by atoms with Crippen LogP contribution in [0.3, 0.4) is 0 Å². The normalized spacial score (nSPS) is 13.2. The summed E-state index contributed by atoms with van der Waals surface area (Å²) in [7, 11) is 1.84. The highest BCUT2D eigenvalue weighted by atomic mass is 16.6. The first-order valence-electron chi connectivity index (χ1n) is 10.7. The Bertz CT molecular complexity index is 1270. The Kier molecular flexibility index (Phi) is 5.18. The summed E-state index contributed by atoms with van der Waals surface area (Å²) in [6.45, 7) is 1.84. The van der Waals surface area contributed by atoms with Crippen LogP contribution in [0.4, 0.5) is 17.3 Å². The molecule has 1 aliphatic heterocycles. The van der Waals surface area contributed by atoms with Gasteiger partial charge in [0.05, 0.1) is 11.5 Å². The maximum atomic E-state index is 12.1. The molecule has 5 rings (SSSR count). The molecule has 0 radical (unpaired) electrons. The lowest BCUT2D eigenvalue weighted by Crippen LogP contribution is -2.32. The second-order valence-electron chi connectivity index (χ2n) is 8.08. The van der Waals surface area contributed by atoms with Gasteiger partial charge < -0.3 is 14.8 Å². The van der Waals surface area contributed by atoms with Gasteiger partial charge in [0, 0.05) is 36.7 Å². The zero-order valence-electron chi connectivity index (χ0n) is 17.9. The summed E-state index contributed by atoms with van der Waals surface area (Å²) in [6.07, 6.45) is 3.01. The molecule has 0 bridgehead atoms. The maximum absolute atomic E-state index is 12.1. The summed E-state index contributed by atoms with van der Waals surface area (Å²) >= 11 is 0. The van der Waals surface area contributed by atoms with Crippen molar-refractivity contribution in [3.8, 4) is 0 Å². The van der Waals surface area contributed by atoms with E-state index in [9.17, 15) is 10.1 Å². The first kappa shape index (κ1) is 20.0. The Morgan fingerprint density at radius 1 is 1.12 bits per heavy atom. The molecule has 0 saturated heterocycles. The molecule has 32 heavy (non-hydrogen) atoms. The molecule has 0 spiro atoms. The first-order chi connectivity index (χ1) is 15.6. The third kappa shape index (κ3) is 3.64. The predicted molar refractivity (Wildman–Crippen MR) is 125 cm³/mol. The number of nitrogens with one attached hydrogen (secondary N) is 1. The zero-order valence-corrected chi connectivity index (χ0v) is 17.9. The van der Waals surface area contributed by atoms with Crippen LogP contribution in [0.25, 0.3) is 10.9 Å². The standard InChI is InChI=1S/C24H24N6O2/c1-28(13-11-17-7-3-2-4-8-17)23-22(30(31)32)24(26-16-25-23)29-14-12-19-18-9-5-6-10-20(18)27-21(19)15-29/h2-10,16,27H,11-15H2,1H3. The van der Waals surface area contributed by atoms with Gasteiger partial charge in [0.25, 0.3) is 0 Å². The number of aromatic nitrogens is 3. The van der Waals surface area contributed by atoms with E-state index in [-0.39, 0.29) is 10.6 Å². The molecule has 4 aromatic rings. The maximum Gasteiger partial charge on any atom is 0.353 e. The van der Waals surface area contributed by atoms with Crippen LogP contribution in [-0.2, 0) is 19.4 Å². The predicted octanol–water partition coefficient (Wildman–Crippen LogP) is 4.11. The van der Waals surface area contributed by atoms with E-state index < -0.39 is 0 Å². The zero-order chi connectivity index (χ0) is 22.1. The van der Waals surface area contributed by atoms with Crippen molar-refractivity contribution < 1.29 is 4.92 Å². The van der Waals surface area contributed by atoms with E-state index in [1.165, 1.54) is 22.8 Å². The molecule has 0 amide bonds. The Hall–Kier alpha value is -3.94. The van der Waals surface area contributed by atoms with Crippen LogP contribution in [0.1, 0.15) is 16.8 Å². The Morgan fingerprint density at radius 2 is 1.91 bits per heavy atom. The molecule has 0 saturated carbocycles. The molecule has 0 unspecified atom stereocenters. The second kappa shape index (κ2) is 8.30. The van der Waals surface area contributed by atoms with Crippen LogP contribution >= 0.6 is 0 Å². The van der Waals surface area contributed by atoms with Gasteiger partial charge in [-0.1, -0.05) is 48.5 Å². The van der Waals surface area contributed by atoms with Crippen molar-refractivity contribution in [2.45, 2.75) is 19.4 Å². The molecule has 0 atom stereocenters. The van der Waals surface area contributed by atoms with E-state index >= 15 is 0 Å². The number of aromatic amines is 1. The number of para-hydroxylation sites is 1. The number of nitrogens with zero attached hydrogens (tertiary/aromatic N) is 5. The molecule has 2 aromatic heterocycles. The number of hydrogen-bond acceptors (Lipinski definition) is 6. The lowest BCUT2D eigenvalue weighted by Gasteiger charge is -2.28. The third-order valence-electron chi connectivity index (χ3n) is 6.09. The fourth-order valence-electron chi connectivity index (χ4n) is 4.46. The van der Waals surface area contributed by atoms with Crippen LogP contribution in [0.5, 0.6) is 0 Å². The van der Waals surface area contributed by atoms with Gasteiger partial charge in [-0.05, 0) is 30.0 Å². The number of likely N-dealkylation sites (N-methyl/N-ethyl adjacent to an activating group) is 1. The molecule has 8 heteroatoms. The van der Waals surface area contributed by atoms with E-state index in [4.69, 9.17) is 0 Å². The smallest absolute Gasteiger partial charge is 0.353 e. The second-order valence-corrected chi connectivity index (χ2v) is 8.08. The van der Waals surface area contributed by atoms with Crippen molar-refractivity contribution in [1.82, 2.24) is 15.0 Å². The largest absolute Gasteiger partial charge is 0.357 e. The molecule has 0 aliphatic carbocycles. The van der Waals surface area contributed by atoms with Crippen molar-refractivity contribution in [3.63, 3.8) is 0 Å². The number of rotatable bonds is 6. The van der Waals surface area contributed by atoms with E-state index in [2.05, 4.69) is 39.2 Å². The highest BCUT2D eigenvalue weighted by molar-refractivity contribution is 5.85. The summed E-state index contributed by atoms with van der Waals surface area (Å²) in [5.41, 5.74) is 4.61. The average molecular weight is 428 g/mol. The summed E-state index contributed by atoms with van der Waals surface area (Å²) in [5.74, 6) is 0.717. The number of nitro groups is 1. The SMILES string of the molecule is CN(CCc1ccccc1)c1ncnc(N2CCc3c([nH]c4ccccc34)C2)c1[N+](=O)[O-]. The average Bonchev–Trinajstić information content (AvgIpc) is 3.20. The van der Waals surface area contributed by atoms with Crippen molar-refractivity contribution in [2.24, 2.45) is 0 Å². The summed E-state index contributed by atoms with van der Waals surface area (Å²) < 4.78 is 0. The quantitative estimate of drug-likeness (QED) is 0.367. The van der Waals surface area contributed by atoms with Gasteiger partial charge in [-0.15, -0.1) is 0 Å². The van der Waals surface area contributed by atoms with Crippen LogP contribution in [0, 0.1) is 10.1 Å². The molecule has 0 fully saturated rings. The molecule has 3 heterocycles. The minimum absolute atomic E-state index is 0.0392. The van der Waals surface area contributed by atoms with E-state index in [1.54, 1.807) is 0 Å². The Morgan fingerprint density at radius 3 is 2.72 bits per heavy atom. The van der Waals surface area contributed by atoms with Gasteiger partial charge in [-0.2, -0.15) is 0 Å². The number of fused-ring (bicyclic) bond motifs is 3. The van der Waals surface area contributed by atoms with Gasteiger partial charge in [0.1, 0.15) is 6.33 Å². The number of H-pyrrole nitrogens is 1. The van der Waals surface area contributed by atoms with E-state index in [0.717, 1.165) is 24.1 Å². The van der Waals surface area contributed by atoms with Crippen LogP contribution < -0.4 is 9.80 Å². The Labute approximate surface area is 185 Å². The van der Waals surface area contributed by atoms with E-state index in [0.29, 0.717) is 31.3 Å². The van der Waals surface area contributed by atoms with Crippen LogP contribution in [0.15, 0.2) is 60.9 Å². The topological polar surface area (TPSA) is 91.2 Å². The number of benzene rings is 2. The lowest BCUT2D eigenvalue weighted by atomic mass is 10.0. The highest BCUT2D eigenvalue weighted by Crippen LogP contribution is 2.37. The van der Waals surface area contributed by atoms with Gasteiger partial charge in [0.2, 0.25) is 11.6 Å². The molecule has 1 N–H and O–H groups in total. The Balaban J connectivity index is 1.43. The van der Waals surface area contributed by atoms with E-state index in [1.807, 2.05) is 47.2 Å². The monoisotopic (exact) mass is 428 g/mol. The third-order valence-corrected chi connectivity index (χ3v) is 6.09. The van der Waals surface area contributed by atoms with Gasteiger partial charge >= 0.3 is 5.69 Å². The van der Waals surface area contributed by atoms with Crippen molar-refractivity contribution in [3.05, 3.63) is 87.9 Å². The van der Waals surface area contributed by atoms with Gasteiger partial charge in [-0.3, -0.25) is 10.1 Å². The highest BCUT2D eigenvalue weighted by Gasteiger charge is 2.31. The summed E-state index contributed by atoms with van der Waals surface area (Å²) in [4.78, 5) is 27.7. The lowest BCUT2D eigenvalue weighted by molar-refractivity contribution is -0.383. The molecular formula is C24H24N6O2. The van der Waals surface area contributed by atoms with Gasteiger partial charge in [0.15, 0.2) is 0 Å². The molecular weight excluding hydrogens is 404 g/mol. The fraction of sp³-hybridized carbons (Fsp3) is 0.250. The first-order valence-corrected chi connectivity index (χ1v) is 10.7. The summed E-state index contributed by atoms with van der Waals surface area (Å²) in [5, 5.41) is 13.3. The minimum atomic E-state index is -0.357. The molecule has 1 aliphatic rings. The fourth-order valence-corrected chi connectivity index (χ4v) is 4.46.